The van der Waals surface area contributed by atoms with Gasteiger partial charge in [-0.3, -0.25) is 14.4 Å². The Balaban J connectivity index is 1.13. The Bertz CT molecular complexity index is 1660. The number of hydrogen-bond donors (Lipinski definition) is 0. The van der Waals surface area contributed by atoms with E-state index in [2.05, 4.69) is 59.5 Å². The number of rotatable bonds is 7. The van der Waals surface area contributed by atoms with Crippen molar-refractivity contribution in [1.82, 2.24) is 9.55 Å². The number of ketones is 1. The molecule has 1 aromatic heterocycles. The Hall–Kier alpha value is -3.22. The molecule has 0 aliphatic heterocycles. The third-order valence-corrected chi connectivity index (χ3v) is 15.8. The fourth-order valence-corrected chi connectivity index (χ4v) is 12.5. The first kappa shape index (κ1) is 35.2. The number of fused-ring (bicyclic) bond motifs is 7. The first-order chi connectivity index (χ1) is 23.6. The van der Waals surface area contributed by atoms with Gasteiger partial charge in [-0.25, -0.2) is 4.98 Å². The molecule has 9 atom stereocenters. The molecule has 0 bridgehead atoms. The highest BCUT2D eigenvalue weighted by molar-refractivity contribution is 5.96. The van der Waals surface area contributed by atoms with E-state index in [9.17, 15) is 14.4 Å². The molecule has 7 rings (SSSR count). The van der Waals surface area contributed by atoms with Gasteiger partial charge < -0.3 is 14.0 Å². The van der Waals surface area contributed by atoms with Crippen LogP contribution in [-0.2, 0) is 37.0 Å². The van der Waals surface area contributed by atoms with Crippen LogP contribution >= 0.6 is 0 Å². The smallest absolute Gasteiger partial charge is 0.312 e. The number of aromatic nitrogens is 2. The average Bonchev–Trinajstić information content (AvgIpc) is 3.59. The van der Waals surface area contributed by atoms with Gasteiger partial charge in [0.05, 0.1) is 24.2 Å². The molecule has 5 aliphatic rings. The van der Waals surface area contributed by atoms with E-state index in [0.717, 1.165) is 63.4 Å². The van der Waals surface area contributed by atoms with Crippen molar-refractivity contribution in [1.29, 1.82) is 0 Å². The number of carbonyl (C=O) groups is 3. The maximum atomic E-state index is 14.8. The van der Waals surface area contributed by atoms with E-state index in [1.807, 2.05) is 41.1 Å². The van der Waals surface area contributed by atoms with E-state index < -0.39 is 5.41 Å². The van der Waals surface area contributed by atoms with E-state index in [4.69, 9.17) is 9.47 Å². The molecule has 0 amide bonds. The predicted octanol–water partition coefficient (Wildman–Crippen LogP) is 8.77. The summed E-state index contributed by atoms with van der Waals surface area (Å²) in [6.07, 6.45) is 15.6. The minimum Gasteiger partial charge on any atom is -0.464 e. The second-order valence-electron chi connectivity index (χ2n) is 18.7. The molecule has 1 heterocycles. The number of hydrogen-bond acceptors (Lipinski definition) is 6. The highest BCUT2D eigenvalue weighted by Gasteiger charge is 2.70. The van der Waals surface area contributed by atoms with Crippen molar-refractivity contribution in [2.24, 2.45) is 56.2 Å². The van der Waals surface area contributed by atoms with E-state index >= 15 is 0 Å². The molecule has 270 valence electrons. The SMILES string of the molecule is CC1(C)C2CC[C@]3(C)[C@H](C(=O)C=C4[C@@H]5C[C@@](C)(C(=O)OCc6ccccc6)CC[C@]5(C)CC[C@]43C)[C@@]2(C)CC[C@@H]1C(=O)OCCn1ccnc1. The number of imidazole rings is 1. The summed E-state index contributed by atoms with van der Waals surface area (Å²) in [6.45, 7) is 17.5. The first-order valence-corrected chi connectivity index (χ1v) is 19.2. The Morgan fingerprint density at radius 2 is 1.64 bits per heavy atom. The zero-order valence-electron chi connectivity index (χ0n) is 31.4. The van der Waals surface area contributed by atoms with Gasteiger partial charge in [0.2, 0.25) is 0 Å². The number of allylic oxidation sites excluding steroid dienone is 2. The normalized spacial score (nSPS) is 40.3. The Morgan fingerprint density at radius 1 is 0.900 bits per heavy atom. The summed E-state index contributed by atoms with van der Waals surface area (Å²) in [5.41, 5.74) is 0.940. The van der Waals surface area contributed by atoms with Crippen LogP contribution in [-0.4, -0.2) is 33.9 Å². The molecule has 4 saturated carbocycles. The lowest BCUT2D eigenvalue weighted by Gasteiger charge is -2.70. The molecule has 2 aromatic rings. The van der Waals surface area contributed by atoms with Crippen molar-refractivity contribution in [3.05, 3.63) is 66.3 Å². The van der Waals surface area contributed by atoms with Crippen LogP contribution < -0.4 is 0 Å². The monoisotopic (exact) mass is 682 g/mol. The standard InChI is InChI=1S/C43H58N2O5/c1-38(2)30(36(47)49-24-23-45-22-21-44-28-45)13-15-41(5)34(38)14-16-43(7)35(41)33(46)25-31-32-26-40(4,18-17-39(32,3)19-20-42(31,43)6)37(48)50-27-29-11-9-8-10-12-29/h8-12,21-22,25,28,30,32,34-35H,13-20,23-24,26-27H2,1-7H3/t30-,32+,34?,35-,39-,40+,41+,42-,43-/m1/s1. The topological polar surface area (TPSA) is 87.5 Å². The van der Waals surface area contributed by atoms with Crippen molar-refractivity contribution in [3.8, 4) is 0 Å². The van der Waals surface area contributed by atoms with Crippen LogP contribution in [0.25, 0.3) is 0 Å². The van der Waals surface area contributed by atoms with Crippen molar-refractivity contribution in [2.75, 3.05) is 6.61 Å². The summed E-state index contributed by atoms with van der Waals surface area (Å²) in [5.74, 6) is 0.161. The fraction of sp³-hybridized carbons (Fsp3) is 0.674. The third kappa shape index (κ3) is 5.34. The summed E-state index contributed by atoms with van der Waals surface area (Å²) in [7, 11) is 0. The second kappa shape index (κ2) is 12.2. The molecule has 7 heteroatoms. The summed E-state index contributed by atoms with van der Waals surface area (Å²) in [4.78, 5) is 46.3. The maximum Gasteiger partial charge on any atom is 0.312 e. The number of esters is 2. The molecule has 1 aromatic carbocycles. The minimum atomic E-state index is -0.585. The highest BCUT2D eigenvalue weighted by atomic mass is 16.5. The van der Waals surface area contributed by atoms with Crippen LogP contribution in [0.4, 0.5) is 0 Å². The van der Waals surface area contributed by atoms with Crippen molar-refractivity contribution < 1.29 is 23.9 Å². The van der Waals surface area contributed by atoms with Gasteiger partial charge in [-0.2, -0.15) is 0 Å². The van der Waals surface area contributed by atoms with Crippen LogP contribution in [0.5, 0.6) is 0 Å². The van der Waals surface area contributed by atoms with Gasteiger partial charge in [0, 0.05) is 18.3 Å². The van der Waals surface area contributed by atoms with E-state index in [-0.39, 0.29) is 75.1 Å². The lowest BCUT2D eigenvalue weighted by atomic mass is 9.33. The van der Waals surface area contributed by atoms with Gasteiger partial charge in [-0.05, 0) is 115 Å². The van der Waals surface area contributed by atoms with Crippen LogP contribution in [0.1, 0.15) is 112 Å². The van der Waals surface area contributed by atoms with Gasteiger partial charge in [-0.1, -0.05) is 77.4 Å². The molecule has 1 unspecified atom stereocenters. The molecule has 50 heavy (non-hydrogen) atoms. The van der Waals surface area contributed by atoms with Crippen LogP contribution in [0.3, 0.4) is 0 Å². The number of ether oxygens (including phenoxy) is 2. The molecule has 4 fully saturated rings. The molecular formula is C43H58N2O5. The number of benzene rings is 1. The lowest BCUT2D eigenvalue weighted by molar-refractivity contribution is -0.200. The quantitative estimate of drug-likeness (QED) is 0.272. The lowest BCUT2D eigenvalue weighted by Crippen LogP contribution is -2.66. The molecule has 7 nitrogen and oxygen atoms in total. The van der Waals surface area contributed by atoms with Crippen molar-refractivity contribution in [3.63, 3.8) is 0 Å². The van der Waals surface area contributed by atoms with E-state index in [1.54, 1.807) is 12.5 Å². The number of nitrogens with zero attached hydrogens (tertiary/aromatic N) is 2. The zero-order chi connectivity index (χ0) is 35.7. The maximum absolute atomic E-state index is 14.8. The Morgan fingerprint density at radius 3 is 2.36 bits per heavy atom. The van der Waals surface area contributed by atoms with Gasteiger partial charge in [-0.15, -0.1) is 0 Å². The fourth-order valence-electron chi connectivity index (χ4n) is 12.5. The first-order valence-electron chi connectivity index (χ1n) is 19.2. The van der Waals surface area contributed by atoms with Gasteiger partial charge >= 0.3 is 11.9 Å². The average molecular weight is 683 g/mol. The molecule has 0 radical (unpaired) electrons. The summed E-state index contributed by atoms with van der Waals surface area (Å²) in [6, 6.07) is 9.91. The van der Waals surface area contributed by atoms with Crippen molar-refractivity contribution >= 4 is 17.7 Å². The van der Waals surface area contributed by atoms with E-state index in [0.29, 0.717) is 13.2 Å². The summed E-state index contributed by atoms with van der Waals surface area (Å²) >= 11 is 0. The molecule has 0 N–H and O–H groups in total. The van der Waals surface area contributed by atoms with Crippen molar-refractivity contribution in [2.45, 2.75) is 119 Å². The molecular weight excluding hydrogens is 624 g/mol. The largest absolute Gasteiger partial charge is 0.464 e. The second-order valence-corrected chi connectivity index (χ2v) is 18.7. The third-order valence-electron chi connectivity index (χ3n) is 15.8. The molecule has 0 spiro atoms. The Labute approximate surface area is 299 Å². The molecule has 5 aliphatic carbocycles. The van der Waals surface area contributed by atoms with Gasteiger partial charge in [0.25, 0.3) is 0 Å². The highest BCUT2D eigenvalue weighted by Crippen LogP contribution is 2.75. The molecule has 0 saturated heterocycles. The zero-order valence-corrected chi connectivity index (χ0v) is 31.4. The van der Waals surface area contributed by atoms with Crippen LogP contribution in [0.2, 0.25) is 0 Å². The Kier molecular flexibility index (Phi) is 8.58. The number of carbonyl (C=O) groups excluding carboxylic acids is 3. The van der Waals surface area contributed by atoms with Crippen LogP contribution in [0, 0.1) is 56.2 Å². The minimum absolute atomic E-state index is 0.0629. The summed E-state index contributed by atoms with van der Waals surface area (Å²) in [5, 5.41) is 0. The summed E-state index contributed by atoms with van der Waals surface area (Å²) < 4.78 is 13.8. The van der Waals surface area contributed by atoms with Gasteiger partial charge in [0.1, 0.15) is 13.2 Å². The van der Waals surface area contributed by atoms with E-state index in [1.165, 1.54) is 5.57 Å². The predicted molar refractivity (Wildman–Crippen MR) is 192 cm³/mol. The van der Waals surface area contributed by atoms with Crippen LogP contribution in [0.15, 0.2) is 60.7 Å². The van der Waals surface area contributed by atoms with Gasteiger partial charge in [0.15, 0.2) is 5.78 Å².